The number of nitrogens with zero attached hydrogens (tertiary/aromatic N) is 3. The Kier molecular flexibility index (Phi) is 9.17. The van der Waals surface area contributed by atoms with E-state index in [2.05, 4.69) is 20.6 Å². The third-order valence-electron chi connectivity index (χ3n) is 5.28. The molecule has 1 saturated heterocycles. The topological polar surface area (TPSA) is 143 Å². The minimum absolute atomic E-state index is 0.00136. The van der Waals surface area contributed by atoms with Crippen molar-refractivity contribution >= 4 is 34.6 Å². The minimum atomic E-state index is -4.79. The highest BCUT2D eigenvalue weighted by Gasteiger charge is 2.36. The Hall–Kier alpha value is -3.30. The summed E-state index contributed by atoms with van der Waals surface area (Å²) in [5, 5.41) is 14.6. The van der Waals surface area contributed by atoms with E-state index < -0.39 is 47.2 Å². The zero-order valence-electron chi connectivity index (χ0n) is 18.7. The zero-order chi connectivity index (χ0) is 26.3. The number of anilines is 3. The second-order valence-corrected chi connectivity index (χ2v) is 8.53. The van der Waals surface area contributed by atoms with E-state index in [1.54, 1.807) is 0 Å². The van der Waals surface area contributed by atoms with Gasteiger partial charge in [-0.1, -0.05) is 6.08 Å². The molecule has 2 atom stereocenters. The van der Waals surface area contributed by atoms with Crippen LogP contribution in [0.3, 0.4) is 0 Å². The van der Waals surface area contributed by atoms with Crippen molar-refractivity contribution in [2.24, 2.45) is 0 Å². The number of hydrogen-bond donors (Lipinski definition) is 4. The summed E-state index contributed by atoms with van der Waals surface area (Å²) in [6.45, 7) is 0.0427. The predicted molar refractivity (Wildman–Crippen MR) is 122 cm³/mol. The second-order valence-electron chi connectivity index (χ2n) is 7.82. The normalized spacial score (nSPS) is 17.2. The predicted octanol–water partition coefficient (Wildman–Crippen LogP) is 2.21. The van der Waals surface area contributed by atoms with Gasteiger partial charge in [-0.15, -0.1) is 0 Å². The molecule has 1 amide bonds. The number of benzene rings is 1. The molecule has 2 unspecified atom stereocenters. The number of hydrogen-bond acceptors (Lipinski definition) is 8. The molecule has 1 aromatic heterocycles. The smallest absolute Gasteiger partial charge is 0.421 e. The van der Waals surface area contributed by atoms with Crippen molar-refractivity contribution in [1.82, 2.24) is 19.6 Å². The van der Waals surface area contributed by atoms with Gasteiger partial charge in [-0.05, 0) is 43.0 Å². The van der Waals surface area contributed by atoms with Crippen LogP contribution < -0.4 is 15.4 Å². The van der Waals surface area contributed by atoms with Gasteiger partial charge < -0.3 is 29.9 Å². The number of halogens is 4. The molecule has 196 valence electrons. The number of alkyl halides is 3. The van der Waals surface area contributed by atoms with Gasteiger partial charge in [0.15, 0.2) is 0 Å². The van der Waals surface area contributed by atoms with Crippen LogP contribution in [0.25, 0.3) is 0 Å². The third kappa shape index (κ3) is 7.60. The molecule has 0 aliphatic carbocycles. The molecule has 36 heavy (non-hydrogen) atoms. The molecule has 1 aromatic carbocycles. The van der Waals surface area contributed by atoms with Gasteiger partial charge in [0, 0.05) is 48.5 Å². The lowest BCUT2D eigenvalue weighted by atomic mass is 10.1. The number of aliphatic hydroxyl groups is 1. The first-order chi connectivity index (χ1) is 17.1. The number of rotatable bonds is 9. The van der Waals surface area contributed by atoms with E-state index in [4.69, 9.17) is 5.11 Å². The summed E-state index contributed by atoms with van der Waals surface area (Å²) in [6, 6.07) is 3.06. The average molecular weight is 532 g/mol. The number of likely N-dealkylation sites (tertiary alicyclic amines) is 1. The molecule has 2 heterocycles. The molecule has 0 spiro atoms. The van der Waals surface area contributed by atoms with Crippen LogP contribution in [-0.2, 0) is 28.7 Å². The molecule has 10 nitrogen and oxygen atoms in total. The standard InChI is InChI=1S/C21H24F4N6O4S/c22-14-5-6-17(13(9-14)3-1-7-27-36(34)35)29-19-16(21(23,24)25)10-26-20(30-19)28-15-4-2-8-31(11-15)18(33)12-32/h1,5-7,9-10,15,27,32H,2-4,8,11-12H2,(H,34,35)(H2,26,28,29,30)/p-1/b7-1+. The summed E-state index contributed by atoms with van der Waals surface area (Å²) < 4.78 is 77.9. The van der Waals surface area contributed by atoms with Crippen molar-refractivity contribution in [3.05, 3.63) is 53.6 Å². The van der Waals surface area contributed by atoms with Gasteiger partial charge in [0.05, 0.1) is 0 Å². The SMILES string of the molecule is O=C(CO)N1CCCC(Nc2ncc(C(F)(F)F)c(Nc3ccc(F)cc3C/C=C/NS(=O)[O-])n2)C1. The van der Waals surface area contributed by atoms with Gasteiger partial charge in [0.1, 0.15) is 23.8 Å². The van der Waals surface area contributed by atoms with Gasteiger partial charge in [-0.3, -0.25) is 9.00 Å². The van der Waals surface area contributed by atoms with E-state index in [0.29, 0.717) is 25.6 Å². The fourth-order valence-corrected chi connectivity index (χ4v) is 3.84. The van der Waals surface area contributed by atoms with Crippen molar-refractivity contribution in [3.63, 3.8) is 0 Å². The van der Waals surface area contributed by atoms with Crippen LogP contribution in [0.4, 0.5) is 35.0 Å². The Balaban J connectivity index is 1.86. The summed E-state index contributed by atoms with van der Waals surface area (Å²) in [4.78, 5) is 21.0. The van der Waals surface area contributed by atoms with E-state index >= 15 is 0 Å². The molecule has 1 aliphatic rings. The molecular weight excluding hydrogens is 508 g/mol. The van der Waals surface area contributed by atoms with Crippen LogP contribution in [0.15, 0.2) is 36.7 Å². The summed E-state index contributed by atoms with van der Waals surface area (Å²) in [5.41, 5.74) is -0.781. The molecule has 0 bridgehead atoms. The average Bonchev–Trinajstić information content (AvgIpc) is 2.82. The lowest BCUT2D eigenvalue weighted by Crippen LogP contribution is -2.46. The number of aliphatic hydroxyl groups excluding tert-OH is 1. The van der Waals surface area contributed by atoms with Crippen LogP contribution in [0.1, 0.15) is 24.0 Å². The molecule has 15 heteroatoms. The van der Waals surface area contributed by atoms with Gasteiger partial charge in [0.25, 0.3) is 0 Å². The molecule has 1 fully saturated rings. The highest BCUT2D eigenvalue weighted by molar-refractivity contribution is 7.77. The molecule has 0 radical (unpaired) electrons. The van der Waals surface area contributed by atoms with Gasteiger partial charge in [-0.2, -0.15) is 18.2 Å². The summed E-state index contributed by atoms with van der Waals surface area (Å²) in [7, 11) is 0. The lowest BCUT2D eigenvalue weighted by Gasteiger charge is -2.32. The third-order valence-corrected chi connectivity index (χ3v) is 5.61. The number of allylic oxidation sites excluding steroid dienone is 1. The number of aromatic nitrogens is 2. The maximum atomic E-state index is 13.8. The fraction of sp³-hybridized carbons (Fsp3) is 0.381. The Morgan fingerprint density at radius 1 is 1.36 bits per heavy atom. The Morgan fingerprint density at radius 2 is 2.14 bits per heavy atom. The van der Waals surface area contributed by atoms with E-state index in [0.717, 1.165) is 18.3 Å². The highest BCUT2D eigenvalue weighted by Crippen LogP contribution is 2.36. The zero-order valence-corrected chi connectivity index (χ0v) is 19.5. The summed E-state index contributed by atoms with van der Waals surface area (Å²) in [6.07, 6.45) is -0.490. The fourth-order valence-electron chi connectivity index (χ4n) is 3.63. The first-order valence-electron chi connectivity index (χ1n) is 10.7. The van der Waals surface area contributed by atoms with Crippen LogP contribution in [0, 0.1) is 5.82 Å². The molecule has 3 rings (SSSR count). The largest absolute Gasteiger partial charge is 0.755 e. The van der Waals surface area contributed by atoms with Crippen molar-refractivity contribution in [1.29, 1.82) is 0 Å². The van der Waals surface area contributed by atoms with E-state index in [9.17, 15) is 31.1 Å². The van der Waals surface area contributed by atoms with E-state index in [1.165, 1.54) is 17.0 Å². The van der Waals surface area contributed by atoms with Gasteiger partial charge >= 0.3 is 6.18 Å². The number of carbonyl (C=O) groups excluding carboxylic acids is 1. The summed E-state index contributed by atoms with van der Waals surface area (Å²) in [5.74, 6) is -1.77. The Morgan fingerprint density at radius 3 is 2.83 bits per heavy atom. The van der Waals surface area contributed by atoms with Crippen molar-refractivity contribution < 1.29 is 36.2 Å². The molecule has 2 aromatic rings. The second kappa shape index (κ2) is 12.1. The molecule has 0 saturated carbocycles. The van der Waals surface area contributed by atoms with Crippen molar-refractivity contribution in [2.45, 2.75) is 31.5 Å². The van der Waals surface area contributed by atoms with Crippen LogP contribution in [0.5, 0.6) is 0 Å². The van der Waals surface area contributed by atoms with Gasteiger partial charge in [-0.25, -0.2) is 9.37 Å². The molecule has 1 aliphatic heterocycles. The first kappa shape index (κ1) is 27.3. The maximum absolute atomic E-state index is 13.8. The number of nitrogens with one attached hydrogen (secondary N) is 3. The van der Waals surface area contributed by atoms with E-state index in [1.807, 2.05) is 4.72 Å². The first-order valence-corrected chi connectivity index (χ1v) is 11.8. The van der Waals surface area contributed by atoms with Gasteiger partial charge in [0.2, 0.25) is 11.9 Å². The van der Waals surface area contributed by atoms with Crippen LogP contribution in [0.2, 0.25) is 0 Å². The monoisotopic (exact) mass is 531 g/mol. The molecule has 4 N–H and O–H groups in total. The minimum Gasteiger partial charge on any atom is -0.755 e. The lowest BCUT2D eigenvalue weighted by molar-refractivity contribution is -0.137. The van der Waals surface area contributed by atoms with Crippen molar-refractivity contribution in [3.8, 4) is 0 Å². The highest BCUT2D eigenvalue weighted by atomic mass is 32.2. The Bertz CT molecular complexity index is 1130. The summed E-state index contributed by atoms with van der Waals surface area (Å²) >= 11 is -2.55. The molecular formula is C21H23F4N6O4S-. The van der Waals surface area contributed by atoms with Crippen LogP contribution >= 0.6 is 0 Å². The quantitative estimate of drug-likeness (QED) is 0.285. The number of carbonyl (C=O) groups is 1. The van der Waals surface area contributed by atoms with Crippen molar-refractivity contribution in [2.75, 3.05) is 30.3 Å². The van der Waals surface area contributed by atoms with E-state index in [-0.39, 0.29) is 36.2 Å². The maximum Gasteiger partial charge on any atom is 0.421 e. The van der Waals surface area contributed by atoms with Crippen LogP contribution in [-0.4, -0.2) is 60.4 Å². The number of amides is 1. The number of piperidine rings is 1. The Labute approximate surface area is 206 Å².